The standard InChI is InChI=1S/C16H24N2O2/c1-16(2,3)12-6-8-13(9-7-12)17-15(20)18-10-4-5-14(18)11-19/h6-9,14,19H,4-5,10-11H2,1-3H3,(H,17,20)/t14-/m0/s1. The number of urea groups is 1. The molecule has 1 heterocycles. The number of nitrogens with zero attached hydrogens (tertiary/aromatic N) is 1. The Bertz CT molecular complexity index is 462. The van der Waals surface area contributed by atoms with Gasteiger partial charge in [0.2, 0.25) is 0 Å². The number of amides is 2. The van der Waals surface area contributed by atoms with Crippen molar-refractivity contribution in [3.05, 3.63) is 29.8 Å². The maximum atomic E-state index is 12.2. The summed E-state index contributed by atoms with van der Waals surface area (Å²) in [7, 11) is 0. The molecule has 0 radical (unpaired) electrons. The fraction of sp³-hybridized carbons (Fsp3) is 0.562. The number of benzene rings is 1. The molecule has 1 aromatic carbocycles. The Morgan fingerprint density at radius 2 is 2.00 bits per heavy atom. The Balaban J connectivity index is 2.01. The van der Waals surface area contributed by atoms with Gasteiger partial charge in [0.05, 0.1) is 12.6 Å². The van der Waals surface area contributed by atoms with Crippen LogP contribution in [0.3, 0.4) is 0 Å². The lowest BCUT2D eigenvalue weighted by molar-refractivity contribution is 0.166. The van der Waals surface area contributed by atoms with Crippen molar-refractivity contribution in [1.29, 1.82) is 0 Å². The van der Waals surface area contributed by atoms with Gasteiger partial charge in [0.1, 0.15) is 0 Å². The van der Waals surface area contributed by atoms with E-state index in [2.05, 4.69) is 26.1 Å². The molecule has 1 atom stereocenters. The molecule has 4 heteroatoms. The Morgan fingerprint density at radius 1 is 1.35 bits per heavy atom. The number of anilines is 1. The molecule has 1 aromatic rings. The summed E-state index contributed by atoms with van der Waals surface area (Å²) in [6.07, 6.45) is 1.84. The van der Waals surface area contributed by atoms with E-state index in [0.717, 1.165) is 25.1 Å². The zero-order chi connectivity index (χ0) is 14.8. The lowest BCUT2D eigenvalue weighted by atomic mass is 9.87. The van der Waals surface area contributed by atoms with Crippen molar-refractivity contribution < 1.29 is 9.90 Å². The molecule has 1 saturated heterocycles. The van der Waals surface area contributed by atoms with Gasteiger partial charge < -0.3 is 15.3 Å². The van der Waals surface area contributed by atoms with Gasteiger partial charge >= 0.3 is 6.03 Å². The first-order valence-corrected chi connectivity index (χ1v) is 7.21. The lowest BCUT2D eigenvalue weighted by Gasteiger charge is -2.24. The SMILES string of the molecule is CC(C)(C)c1ccc(NC(=O)N2CCC[C@H]2CO)cc1. The summed E-state index contributed by atoms with van der Waals surface area (Å²) < 4.78 is 0. The molecule has 20 heavy (non-hydrogen) atoms. The lowest BCUT2D eigenvalue weighted by Crippen LogP contribution is -2.40. The van der Waals surface area contributed by atoms with Crippen LogP contribution < -0.4 is 5.32 Å². The van der Waals surface area contributed by atoms with E-state index in [-0.39, 0.29) is 24.1 Å². The average Bonchev–Trinajstić information content (AvgIpc) is 2.86. The van der Waals surface area contributed by atoms with Gasteiger partial charge in [-0.1, -0.05) is 32.9 Å². The minimum absolute atomic E-state index is 0.0381. The summed E-state index contributed by atoms with van der Waals surface area (Å²) >= 11 is 0. The monoisotopic (exact) mass is 276 g/mol. The highest BCUT2D eigenvalue weighted by atomic mass is 16.3. The van der Waals surface area contributed by atoms with Gasteiger partial charge in [-0.15, -0.1) is 0 Å². The molecule has 0 unspecified atom stereocenters. The van der Waals surface area contributed by atoms with Crippen LogP contribution in [-0.2, 0) is 5.41 Å². The second-order valence-electron chi connectivity index (χ2n) is 6.43. The van der Waals surface area contributed by atoms with E-state index in [1.54, 1.807) is 4.90 Å². The number of carbonyl (C=O) groups excluding carboxylic acids is 1. The van der Waals surface area contributed by atoms with Crippen molar-refractivity contribution >= 4 is 11.7 Å². The third-order valence-corrected chi connectivity index (χ3v) is 3.85. The quantitative estimate of drug-likeness (QED) is 0.872. The molecule has 1 aliphatic rings. The summed E-state index contributed by atoms with van der Waals surface area (Å²) in [5, 5.41) is 12.2. The van der Waals surface area contributed by atoms with Crippen molar-refractivity contribution in [2.24, 2.45) is 0 Å². The topological polar surface area (TPSA) is 52.6 Å². The average molecular weight is 276 g/mol. The number of likely N-dealkylation sites (tertiary alicyclic amines) is 1. The molecule has 1 aliphatic heterocycles. The first-order chi connectivity index (χ1) is 9.41. The summed E-state index contributed by atoms with van der Waals surface area (Å²) in [5.74, 6) is 0. The van der Waals surface area contributed by atoms with Gasteiger partial charge in [0.25, 0.3) is 0 Å². The second kappa shape index (κ2) is 5.83. The van der Waals surface area contributed by atoms with Gasteiger partial charge in [-0.05, 0) is 36.0 Å². The Hall–Kier alpha value is -1.55. The minimum atomic E-state index is -0.120. The molecular weight excluding hydrogens is 252 g/mol. The van der Waals surface area contributed by atoms with Crippen molar-refractivity contribution in [3.63, 3.8) is 0 Å². The van der Waals surface area contributed by atoms with Crippen molar-refractivity contribution in [2.45, 2.75) is 45.1 Å². The Morgan fingerprint density at radius 3 is 2.55 bits per heavy atom. The largest absolute Gasteiger partial charge is 0.394 e. The summed E-state index contributed by atoms with van der Waals surface area (Å²) in [5.41, 5.74) is 2.15. The molecule has 2 amide bonds. The highest BCUT2D eigenvalue weighted by molar-refractivity contribution is 5.89. The molecule has 0 spiro atoms. The molecule has 110 valence electrons. The van der Waals surface area contributed by atoms with E-state index in [9.17, 15) is 9.90 Å². The van der Waals surface area contributed by atoms with Crippen LogP contribution in [0.25, 0.3) is 0 Å². The predicted octanol–water partition coefficient (Wildman–Crippen LogP) is 2.97. The van der Waals surface area contributed by atoms with Gasteiger partial charge in [0, 0.05) is 12.2 Å². The zero-order valence-electron chi connectivity index (χ0n) is 12.5. The first-order valence-electron chi connectivity index (χ1n) is 7.21. The molecule has 0 saturated carbocycles. The van der Waals surface area contributed by atoms with Crippen LogP contribution in [0.1, 0.15) is 39.2 Å². The molecule has 2 rings (SSSR count). The fourth-order valence-corrected chi connectivity index (χ4v) is 2.54. The van der Waals surface area contributed by atoms with Crippen LogP contribution in [0.15, 0.2) is 24.3 Å². The molecule has 2 N–H and O–H groups in total. The van der Waals surface area contributed by atoms with E-state index < -0.39 is 0 Å². The van der Waals surface area contributed by atoms with Crippen LogP contribution >= 0.6 is 0 Å². The highest BCUT2D eigenvalue weighted by Crippen LogP contribution is 2.24. The molecular formula is C16H24N2O2. The van der Waals surface area contributed by atoms with Gasteiger partial charge in [0.15, 0.2) is 0 Å². The number of nitrogens with one attached hydrogen (secondary N) is 1. The minimum Gasteiger partial charge on any atom is -0.394 e. The van der Waals surface area contributed by atoms with E-state index in [4.69, 9.17) is 0 Å². The number of hydrogen-bond donors (Lipinski definition) is 2. The maximum Gasteiger partial charge on any atom is 0.322 e. The number of aliphatic hydroxyl groups excluding tert-OH is 1. The van der Waals surface area contributed by atoms with Crippen molar-refractivity contribution in [2.75, 3.05) is 18.5 Å². The van der Waals surface area contributed by atoms with Gasteiger partial charge in [-0.3, -0.25) is 0 Å². The summed E-state index contributed by atoms with van der Waals surface area (Å²) in [4.78, 5) is 13.9. The van der Waals surface area contributed by atoms with Crippen molar-refractivity contribution in [1.82, 2.24) is 4.90 Å². The van der Waals surface area contributed by atoms with Gasteiger partial charge in [-0.25, -0.2) is 4.79 Å². The van der Waals surface area contributed by atoms with Gasteiger partial charge in [-0.2, -0.15) is 0 Å². The molecule has 0 bridgehead atoms. The first kappa shape index (κ1) is 14.9. The van der Waals surface area contributed by atoms with Crippen molar-refractivity contribution in [3.8, 4) is 0 Å². The molecule has 0 aliphatic carbocycles. The Labute approximate surface area is 120 Å². The molecule has 4 nitrogen and oxygen atoms in total. The molecule has 0 aromatic heterocycles. The fourth-order valence-electron chi connectivity index (χ4n) is 2.54. The van der Waals surface area contributed by atoms with E-state index in [1.807, 2.05) is 24.3 Å². The van der Waals surface area contributed by atoms with Crippen LogP contribution in [0.2, 0.25) is 0 Å². The smallest absolute Gasteiger partial charge is 0.322 e. The van der Waals surface area contributed by atoms with Crippen LogP contribution in [0, 0.1) is 0 Å². The van der Waals surface area contributed by atoms with Crippen LogP contribution in [0.4, 0.5) is 10.5 Å². The Kier molecular flexibility index (Phi) is 4.33. The number of rotatable bonds is 2. The van der Waals surface area contributed by atoms with Crippen LogP contribution in [-0.4, -0.2) is 35.2 Å². The van der Waals surface area contributed by atoms with E-state index >= 15 is 0 Å². The zero-order valence-corrected chi connectivity index (χ0v) is 12.5. The molecule has 1 fully saturated rings. The summed E-state index contributed by atoms with van der Waals surface area (Å²) in [6.45, 7) is 7.25. The van der Waals surface area contributed by atoms with Crippen LogP contribution in [0.5, 0.6) is 0 Å². The highest BCUT2D eigenvalue weighted by Gasteiger charge is 2.28. The number of aliphatic hydroxyl groups is 1. The number of carbonyl (C=O) groups is 1. The third-order valence-electron chi connectivity index (χ3n) is 3.85. The van der Waals surface area contributed by atoms with E-state index in [1.165, 1.54) is 5.56 Å². The predicted molar refractivity (Wildman–Crippen MR) is 81.0 cm³/mol. The normalized spacial score (nSPS) is 19.2. The number of hydrogen-bond acceptors (Lipinski definition) is 2. The maximum absolute atomic E-state index is 12.2. The van der Waals surface area contributed by atoms with E-state index in [0.29, 0.717) is 0 Å². The second-order valence-corrected chi connectivity index (χ2v) is 6.43. The third kappa shape index (κ3) is 3.31. The summed E-state index contributed by atoms with van der Waals surface area (Å²) in [6, 6.07) is 7.80.